The molecule has 1 aromatic heterocycles. The Bertz CT molecular complexity index is 1060. The van der Waals surface area contributed by atoms with Crippen molar-refractivity contribution in [2.75, 3.05) is 6.61 Å². The fourth-order valence-electron chi connectivity index (χ4n) is 3.56. The minimum atomic E-state index is -1.03. The van der Waals surface area contributed by atoms with Gasteiger partial charge in [0, 0.05) is 12.0 Å². The fourth-order valence-corrected chi connectivity index (χ4v) is 3.56. The van der Waals surface area contributed by atoms with Crippen LogP contribution in [0, 0.1) is 0 Å². The van der Waals surface area contributed by atoms with Gasteiger partial charge in [-0.3, -0.25) is 4.98 Å². The number of alkyl carbamates (subject to hydrolysis) is 1. The molecule has 4 N–H and O–H groups in total. The van der Waals surface area contributed by atoms with Gasteiger partial charge in [0.05, 0.1) is 0 Å². The first-order valence-electron chi connectivity index (χ1n) is 9.38. The summed E-state index contributed by atoms with van der Waals surface area (Å²) < 4.78 is 10.3. The number of aromatic hydroxyl groups is 2. The molecule has 1 atom stereocenters. The van der Waals surface area contributed by atoms with Crippen molar-refractivity contribution in [1.82, 2.24) is 10.3 Å². The molecule has 8 heteroatoms. The van der Waals surface area contributed by atoms with E-state index in [2.05, 4.69) is 10.3 Å². The summed E-state index contributed by atoms with van der Waals surface area (Å²) in [5.41, 5.74) is 4.41. The van der Waals surface area contributed by atoms with Crippen LogP contribution in [0.25, 0.3) is 11.1 Å². The molecular weight excluding hydrogens is 388 g/mol. The molecule has 0 radical (unpaired) electrons. The zero-order valence-electron chi connectivity index (χ0n) is 16.1. The normalized spacial score (nSPS) is 13.2. The van der Waals surface area contributed by atoms with Gasteiger partial charge in [-0.05, 0) is 29.2 Å². The number of fused-ring (bicyclic) bond motifs is 3. The summed E-state index contributed by atoms with van der Waals surface area (Å²) in [4.78, 5) is 26.5. The number of carbonyl (C=O) groups excluding carboxylic acids is 2. The predicted octanol–water partition coefficient (Wildman–Crippen LogP) is 3.26. The first-order valence-corrected chi connectivity index (χ1v) is 9.38. The molecule has 1 heterocycles. The molecular formula is C22H20N2O6. The maximum Gasteiger partial charge on any atom is 0.407 e. The van der Waals surface area contributed by atoms with E-state index in [0.717, 1.165) is 28.3 Å². The molecule has 1 amide bonds. The van der Waals surface area contributed by atoms with Crippen LogP contribution in [0.2, 0.25) is 0 Å². The van der Waals surface area contributed by atoms with Gasteiger partial charge < -0.3 is 25.0 Å². The van der Waals surface area contributed by atoms with E-state index in [9.17, 15) is 19.8 Å². The van der Waals surface area contributed by atoms with Gasteiger partial charge in [-0.2, -0.15) is 0 Å². The lowest BCUT2D eigenvalue weighted by atomic mass is 9.98. The number of ether oxygens (including phenoxy) is 2. The molecule has 8 nitrogen and oxygen atoms in total. The van der Waals surface area contributed by atoms with Crippen molar-refractivity contribution in [2.24, 2.45) is 0 Å². The fraction of sp³-hybridized carbons (Fsp3) is 0.182. The third-order valence-electron chi connectivity index (χ3n) is 4.99. The zero-order chi connectivity index (χ0) is 21.3. The van der Waals surface area contributed by atoms with Crippen LogP contribution in [0.1, 0.15) is 24.0 Å². The van der Waals surface area contributed by atoms with E-state index in [0.29, 0.717) is 0 Å². The molecule has 0 fully saturated rings. The monoisotopic (exact) mass is 408 g/mol. The number of amides is 1. The number of rotatable bonds is 5. The molecule has 0 spiro atoms. The van der Waals surface area contributed by atoms with Crippen LogP contribution < -0.4 is 10.1 Å². The highest BCUT2D eigenvalue weighted by Crippen LogP contribution is 2.44. The summed E-state index contributed by atoms with van der Waals surface area (Å²) in [7, 11) is 0. The van der Waals surface area contributed by atoms with Crippen molar-refractivity contribution in [3.05, 3.63) is 65.7 Å². The van der Waals surface area contributed by atoms with E-state index < -0.39 is 24.0 Å². The van der Waals surface area contributed by atoms with Crippen LogP contribution in [0.5, 0.6) is 17.5 Å². The van der Waals surface area contributed by atoms with E-state index in [1.807, 2.05) is 48.5 Å². The Morgan fingerprint density at radius 3 is 2.23 bits per heavy atom. The first kappa shape index (κ1) is 19.4. The standard InChI is InChI=1S/C22H20N2O6/c1-12(21(27)30-18-10-19(25)24-20(18)26)23-22(28)29-11-17-15-8-4-2-6-13(15)14-7-3-5-9-16(14)17/h2-10,12,17,24-26H,11H2,1H3,(H,23,28)/t12-/m0/s1. The average molecular weight is 408 g/mol. The Labute approximate surface area is 172 Å². The largest absolute Gasteiger partial charge is 0.494 e. The predicted molar refractivity (Wildman–Crippen MR) is 107 cm³/mol. The van der Waals surface area contributed by atoms with Gasteiger partial charge in [-0.25, -0.2) is 9.59 Å². The summed E-state index contributed by atoms with van der Waals surface area (Å²) in [6, 6.07) is 16.0. The van der Waals surface area contributed by atoms with Gasteiger partial charge in [0.15, 0.2) is 11.6 Å². The van der Waals surface area contributed by atoms with E-state index in [-0.39, 0.29) is 24.2 Å². The van der Waals surface area contributed by atoms with Crippen LogP contribution in [-0.2, 0) is 9.53 Å². The van der Waals surface area contributed by atoms with Crippen LogP contribution in [-0.4, -0.2) is 39.9 Å². The van der Waals surface area contributed by atoms with E-state index in [1.54, 1.807) is 0 Å². The highest BCUT2D eigenvalue weighted by Gasteiger charge is 2.29. The van der Waals surface area contributed by atoms with Gasteiger partial charge in [-0.1, -0.05) is 48.5 Å². The Morgan fingerprint density at radius 2 is 1.67 bits per heavy atom. The minimum Gasteiger partial charge on any atom is -0.494 e. The SMILES string of the molecule is C[C@H](NC(=O)OCC1c2ccccc2-c2ccccc21)C(=O)Oc1cc(O)[nH]c1O. The number of aromatic amines is 1. The Hall–Kier alpha value is -3.94. The van der Waals surface area contributed by atoms with Crippen molar-refractivity contribution in [3.63, 3.8) is 0 Å². The van der Waals surface area contributed by atoms with Crippen molar-refractivity contribution in [1.29, 1.82) is 0 Å². The maximum absolute atomic E-state index is 12.2. The van der Waals surface area contributed by atoms with Crippen molar-refractivity contribution in [2.45, 2.75) is 18.9 Å². The smallest absolute Gasteiger partial charge is 0.407 e. The van der Waals surface area contributed by atoms with Crippen molar-refractivity contribution < 1.29 is 29.3 Å². The Morgan fingerprint density at radius 1 is 1.07 bits per heavy atom. The van der Waals surface area contributed by atoms with Crippen LogP contribution >= 0.6 is 0 Å². The van der Waals surface area contributed by atoms with Crippen LogP contribution in [0.4, 0.5) is 4.79 Å². The second kappa shape index (κ2) is 7.82. The molecule has 0 aliphatic heterocycles. The summed E-state index contributed by atoms with van der Waals surface area (Å²) in [5.74, 6) is -2.00. The van der Waals surface area contributed by atoms with Gasteiger partial charge in [0.25, 0.3) is 0 Å². The average Bonchev–Trinajstić information content (AvgIpc) is 3.22. The zero-order valence-corrected chi connectivity index (χ0v) is 16.1. The Balaban J connectivity index is 1.37. The minimum absolute atomic E-state index is 0.0924. The third kappa shape index (κ3) is 3.67. The second-order valence-corrected chi connectivity index (χ2v) is 6.98. The quantitative estimate of drug-likeness (QED) is 0.481. The van der Waals surface area contributed by atoms with Gasteiger partial charge >= 0.3 is 12.1 Å². The second-order valence-electron chi connectivity index (χ2n) is 6.98. The van der Waals surface area contributed by atoms with E-state index >= 15 is 0 Å². The number of hydrogen-bond donors (Lipinski definition) is 4. The number of carbonyl (C=O) groups is 2. The molecule has 2 aromatic carbocycles. The summed E-state index contributed by atoms with van der Waals surface area (Å²) in [6.45, 7) is 1.54. The number of aromatic nitrogens is 1. The molecule has 1 aliphatic rings. The molecule has 30 heavy (non-hydrogen) atoms. The van der Waals surface area contributed by atoms with Crippen LogP contribution in [0.3, 0.4) is 0 Å². The molecule has 1 aliphatic carbocycles. The molecule has 0 saturated carbocycles. The van der Waals surface area contributed by atoms with Crippen LogP contribution in [0.15, 0.2) is 54.6 Å². The summed E-state index contributed by atoms with van der Waals surface area (Å²) in [6.07, 6.45) is -0.762. The highest BCUT2D eigenvalue weighted by atomic mass is 16.6. The van der Waals surface area contributed by atoms with E-state index in [4.69, 9.17) is 9.47 Å². The van der Waals surface area contributed by atoms with Gasteiger partial charge in [-0.15, -0.1) is 0 Å². The van der Waals surface area contributed by atoms with Crippen molar-refractivity contribution in [3.8, 4) is 28.6 Å². The molecule has 0 unspecified atom stereocenters. The lowest BCUT2D eigenvalue weighted by molar-refractivity contribution is -0.136. The number of hydrogen-bond acceptors (Lipinski definition) is 6. The molecule has 154 valence electrons. The molecule has 0 bridgehead atoms. The van der Waals surface area contributed by atoms with Gasteiger partial charge in [0.2, 0.25) is 5.88 Å². The number of esters is 1. The lowest BCUT2D eigenvalue weighted by Crippen LogP contribution is -2.41. The summed E-state index contributed by atoms with van der Waals surface area (Å²) >= 11 is 0. The molecule has 4 rings (SSSR count). The topological polar surface area (TPSA) is 121 Å². The van der Waals surface area contributed by atoms with Crippen molar-refractivity contribution >= 4 is 12.1 Å². The summed E-state index contributed by atoms with van der Waals surface area (Å²) in [5, 5.41) is 21.2. The highest BCUT2D eigenvalue weighted by molar-refractivity contribution is 5.83. The maximum atomic E-state index is 12.2. The van der Waals surface area contributed by atoms with Gasteiger partial charge in [0.1, 0.15) is 12.6 Å². The lowest BCUT2D eigenvalue weighted by Gasteiger charge is -2.16. The van der Waals surface area contributed by atoms with E-state index in [1.165, 1.54) is 6.92 Å². The number of H-pyrrole nitrogens is 1. The number of nitrogens with one attached hydrogen (secondary N) is 2. The Kier molecular flexibility index (Phi) is 5.05. The number of benzene rings is 2. The third-order valence-corrected chi connectivity index (χ3v) is 4.99. The first-order chi connectivity index (χ1) is 14.4. The molecule has 3 aromatic rings. The molecule has 0 saturated heterocycles.